The van der Waals surface area contributed by atoms with Crippen LogP contribution in [0.25, 0.3) is 0 Å². The summed E-state index contributed by atoms with van der Waals surface area (Å²) in [6, 6.07) is 4.68. The monoisotopic (exact) mass is 385 g/mol. The number of anilines is 1. The van der Waals surface area contributed by atoms with E-state index in [0.29, 0.717) is 17.6 Å². The number of hydrogen-bond acceptors (Lipinski definition) is 5. The molecule has 1 aromatic heterocycles. The molecule has 0 bridgehead atoms. The highest BCUT2D eigenvalue weighted by molar-refractivity contribution is 5.85. The van der Waals surface area contributed by atoms with Gasteiger partial charge in [-0.1, -0.05) is 0 Å². The van der Waals surface area contributed by atoms with Crippen molar-refractivity contribution in [3.63, 3.8) is 0 Å². The van der Waals surface area contributed by atoms with Crippen molar-refractivity contribution in [1.82, 2.24) is 4.90 Å². The molecule has 0 spiro atoms. The van der Waals surface area contributed by atoms with Gasteiger partial charge in [-0.25, -0.2) is 0 Å². The lowest BCUT2D eigenvalue weighted by Gasteiger charge is -2.22. The second kappa shape index (κ2) is 7.68. The number of rotatable bonds is 6. The van der Waals surface area contributed by atoms with Crippen molar-refractivity contribution in [2.45, 2.75) is 32.6 Å². The third-order valence-corrected chi connectivity index (χ3v) is 3.83. The summed E-state index contributed by atoms with van der Waals surface area (Å²) in [5.74, 6) is 0.853. The van der Waals surface area contributed by atoms with Gasteiger partial charge in [0.05, 0.1) is 17.0 Å². The topological polar surface area (TPSA) is 88.6 Å². The number of hydrogen-bond donors (Lipinski definition) is 1. The highest BCUT2D eigenvalue weighted by atomic mass is 19.4. The molecule has 1 N–H and O–H groups in total. The van der Waals surface area contributed by atoms with Crippen LogP contribution in [-0.4, -0.2) is 28.8 Å². The van der Waals surface area contributed by atoms with Crippen LogP contribution in [0.5, 0.6) is 0 Å². The van der Waals surface area contributed by atoms with E-state index in [-0.39, 0.29) is 12.2 Å². The van der Waals surface area contributed by atoms with Crippen LogP contribution in [0.2, 0.25) is 0 Å². The van der Waals surface area contributed by atoms with Crippen LogP contribution in [0.3, 0.4) is 0 Å². The van der Waals surface area contributed by atoms with Gasteiger partial charge in [-0.2, -0.15) is 13.2 Å². The van der Waals surface area contributed by atoms with E-state index in [1.165, 1.54) is 18.9 Å². The van der Waals surface area contributed by atoms with Gasteiger partial charge in [0, 0.05) is 13.1 Å². The van der Waals surface area contributed by atoms with Gasteiger partial charge in [0.25, 0.3) is 5.69 Å². The number of amides is 1. The second-order valence-corrected chi connectivity index (χ2v) is 6.06. The Kier molecular flexibility index (Phi) is 5.77. The van der Waals surface area contributed by atoms with E-state index in [0.717, 1.165) is 12.1 Å². The maximum absolute atomic E-state index is 12.8. The van der Waals surface area contributed by atoms with E-state index >= 15 is 0 Å². The molecule has 7 nitrogen and oxygen atoms in total. The van der Waals surface area contributed by atoms with E-state index < -0.39 is 34.3 Å². The van der Waals surface area contributed by atoms with Crippen molar-refractivity contribution in [2.24, 2.45) is 0 Å². The Morgan fingerprint density at radius 2 is 2.00 bits per heavy atom. The molecule has 146 valence electrons. The summed E-state index contributed by atoms with van der Waals surface area (Å²) in [6.45, 7) is 3.42. The third kappa shape index (κ3) is 4.99. The van der Waals surface area contributed by atoms with Crippen molar-refractivity contribution >= 4 is 17.3 Å². The number of aryl methyl sites for hydroxylation is 1. The Hall–Kier alpha value is -3.04. The van der Waals surface area contributed by atoms with Crippen LogP contribution < -0.4 is 5.32 Å². The van der Waals surface area contributed by atoms with Gasteiger partial charge in [-0.15, -0.1) is 0 Å². The minimum absolute atomic E-state index is 0.170. The Morgan fingerprint density at radius 3 is 2.52 bits per heavy atom. The Balaban J connectivity index is 2.15. The molecule has 27 heavy (non-hydrogen) atoms. The molecule has 1 heterocycles. The molecule has 0 aliphatic heterocycles. The summed E-state index contributed by atoms with van der Waals surface area (Å²) in [5.41, 5.74) is -2.06. The van der Waals surface area contributed by atoms with E-state index in [9.17, 15) is 28.1 Å². The summed E-state index contributed by atoms with van der Waals surface area (Å²) >= 11 is 0. The molecule has 2 rings (SSSR count). The quantitative estimate of drug-likeness (QED) is 0.600. The Labute approximate surface area is 152 Å². The number of nitrogens with one attached hydrogen (secondary N) is 1. The average molecular weight is 385 g/mol. The molecular formula is C17H18F3N3O4. The fraction of sp³-hybridized carbons (Fsp3) is 0.353. The minimum Gasteiger partial charge on any atom is -0.464 e. The van der Waals surface area contributed by atoms with Crippen molar-refractivity contribution in [3.8, 4) is 0 Å². The van der Waals surface area contributed by atoms with E-state index in [4.69, 9.17) is 4.42 Å². The SMILES string of the molecule is Cc1ccc(CN(C)C(=O)[C@H](C)Nc2ccc(C(F)(F)F)cc2[N+](=O)[O-])o1. The molecule has 0 saturated carbocycles. The van der Waals surface area contributed by atoms with Gasteiger partial charge in [0.1, 0.15) is 23.2 Å². The van der Waals surface area contributed by atoms with Gasteiger partial charge in [0.2, 0.25) is 5.91 Å². The number of nitro groups is 1. The maximum atomic E-state index is 12.8. The van der Waals surface area contributed by atoms with Gasteiger partial charge < -0.3 is 14.6 Å². The normalized spacial score (nSPS) is 12.5. The summed E-state index contributed by atoms with van der Waals surface area (Å²) in [4.78, 5) is 24.0. The molecule has 0 fully saturated rings. The number of carbonyl (C=O) groups excluding carboxylic acids is 1. The number of halogens is 3. The predicted molar refractivity (Wildman–Crippen MR) is 91.1 cm³/mol. The number of benzene rings is 1. The molecule has 10 heteroatoms. The van der Waals surface area contributed by atoms with Crippen LogP contribution in [0.15, 0.2) is 34.7 Å². The first kappa shape index (κ1) is 20.3. The summed E-state index contributed by atoms with van der Waals surface area (Å²) in [7, 11) is 1.53. The molecule has 0 unspecified atom stereocenters. The summed E-state index contributed by atoms with van der Waals surface area (Å²) < 4.78 is 43.7. The van der Waals surface area contributed by atoms with E-state index in [1.54, 1.807) is 19.1 Å². The van der Waals surface area contributed by atoms with Crippen molar-refractivity contribution < 1.29 is 27.3 Å². The molecule has 0 aliphatic carbocycles. The number of furan rings is 1. The smallest absolute Gasteiger partial charge is 0.416 e. The predicted octanol–water partition coefficient (Wildman–Crippen LogP) is 3.97. The summed E-state index contributed by atoms with van der Waals surface area (Å²) in [5, 5.41) is 13.7. The lowest BCUT2D eigenvalue weighted by atomic mass is 10.1. The lowest BCUT2D eigenvalue weighted by Crippen LogP contribution is -2.38. The number of nitrogens with zero attached hydrogens (tertiary/aromatic N) is 2. The van der Waals surface area contributed by atoms with Crippen LogP contribution in [0.4, 0.5) is 24.5 Å². The lowest BCUT2D eigenvalue weighted by molar-refractivity contribution is -0.384. The molecule has 0 aliphatic rings. The molecule has 1 aromatic carbocycles. The van der Waals surface area contributed by atoms with Crippen molar-refractivity contribution in [2.75, 3.05) is 12.4 Å². The standard InChI is InChI=1S/C17H18F3N3O4/c1-10-4-6-13(27-10)9-22(3)16(24)11(2)21-14-7-5-12(17(18,19)20)8-15(14)23(25)26/h4-8,11,21H,9H2,1-3H3/t11-/m0/s1. The van der Waals surface area contributed by atoms with Gasteiger partial charge in [-0.3, -0.25) is 14.9 Å². The fourth-order valence-corrected chi connectivity index (χ4v) is 2.49. The number of likely N-dealkylation sites (N-methyl/N-ethyl adjacent to an activating group) is 1. The molecular weight excluding hydrogens is 367 g/mol. The Bertz CT molecular complexity index is 848. The minimum atomic E-state index is -4.70. The molecule has 1 amide bonds. The zero-order valence-corrected chi connectivity index (χ0v) is 14.8. The van der Waals surface area contributed by atoms with Crippen molar-refractivity contribution in [3.05, 3.63) is 57.5 Å². The highest BCUT2D eigenvalue weighted by Crippen LogP contribution is 2.35. The molecule has 1 atom stereocenters. The second-order valence-electron chi connectivity index (χ2n) is 6.06. The van der Waals surface area contributed by atoms with Gasteiger partial charge in [-0.05, 0) is 38.1 Å². The largest absolute Gasteiger partial charge is 0.464 e. The third-order valence-electron chi connectivity index (χ3n) is 3.83. The van der Waals surface area contributed by atoms with Crippen LogP contribution in [0, 0.1) is 17.0 Å². The number of carbonyl (C=O) groups is 1. The molecule has 0 saturated heterocycles. The van der Waals surface area contributed by atoms with Gasteiger partial charge in [0.15, 0.2) is 0 Å². The molecule has 2 aromatic rings. The summed E-state index contributed by atoms with van der Waals surface area (Å²) in [6.07, 6.45) is -4.70. The van der Waals surface area contributed by atoms with E-state index in [1.807, 2.05) is 0 Å². The maximum Gasteiger partial charge on any atom is 0.416 e. The zero-order chi connectivity index (χ0) is 20.4. The van der Waals surface area contributed by atoms with Crippen LogP contribution in [-0.2, 0) is 17.5 Å². The van der Waals surface area contributed by atoms with Gasteiger partial charge >= 0.3 is 6.18 Å². The van der Waals surface area contributed by atoms with E-state index in [2.05, 4.69) is 5.32 Å². The Morgan fingerprint density at radius 1 is 1.33 bits per heavy atom. The first-order valence-corrected chi connectivity index (χ1v) is 7.91. The molecule has 0 radical (unpaired) electrons. The highest BCUT2D eigenvalue weighted by Gasteiger charge is 2.33. The number of nitro benzene ring substituents is 1. The van der Waals surface area contributed by atoms with Crippen molar-refractivity contribution in [1.29, 1.82) is 0 Å². The fourth-order valence-electron chi connectivity index (χ4n) is 2.49. The van der Waals surface area contributed by atoms with Crippen LogP contribution >= 0.6 is 0 Å². The van der Waals surface area contributed by atoms with Crippen LogP contribution in [0.1, 0.15) is 24.0 Å². The zero-order valence-electron chi connectivity index (χ0n) is 14.8. The number of alkyl halides is 3. The first-order valence-electron chi connectivity index (χ1n) is 7.91. The first-order chi connectivity index (χ1) is 12.5. The average Bonchev–Trinajstić information content (AvgIpc) is 2.97.